The van der Waals surface area contributed by atoms with Gasteiger partial charge in [0.25, 0.3) is 0 Å². The minimum Gasteiger partial charge on any atom is -0.423 e. The van der Waals surface area contributed by atoms with Crippen LogP contribution in [-0.4, -0.2) is 23.9 Å². The predicted molar refractivity (Wildman–Crippen MR) is 387 cm³/mol. The van der Waals surface area contributed by atoms with Crippen LogP contribution in [0, 0.1) is 0 Å². The molecule has 12 rings (SSSR count). The molecule has 12 aromatic rings. The van der Waals surface area contributed by atoms with Gasteiger partial charge in [-0.05, 0) is 190 Å². The number of hydrogen-bond acceptors (Lipinski definition) is 8. The van der Waals surface area contributed by atoms with Crippen LogP contribution in [0.2, 0.25) is 0 Å². The zero-order chi connectivity index (χ0) is 65.1. The number of carbonyl (C=O) groups excluding carboxylic acids is 4. The average Bonchev–Trinajstić information content (AvgIpc) is 0.762. The fraction of sp³-hybridized carbons (Fsp3) is 0.0233. The van der Waals surface area contributed by atoms with Crippen molar-refractivity contribution in [1.82, 2.24) is 0 Å². The molecule has 8 nitrogen and oxygen atoms in total. The quantitative estimate of drug-likeness (QED) is 0.0341. The van der Waals surface area contributed by atoms with E-state index in [1.54, 1.807) is 68.5 Å². The molecule has 0 aliphatic rings. The van der Waals surface area contributed by atoms with Gasteiger partial charge in [-0.15, -0.1) is 0 Å². The number of ether oxygens (including phenoxy) is 4. The van der Waals surface area contributed by atoms with Crippen molar-refractivity contribution in [3.63, 3.8) is 0 Å². The molecule has 0 saturated carbocycles. The fourth-order valence-corrected chi connectivity index (χ4v) is 11.2. The Morgan fingerprint density at radius 2 is 0.596 bits per heavy atom. The zero-order valence-corrected chi connectivity index (χ0v) is 51.8. The highest BCUT2D eigenvalue weighted by atomic mass is 16.5. The van der Waals surface area contributed by atoms with E-state index in [1.807, 2.05) is 78.9 Å². The van der Waals surface area contributed by atoms with Crippen molar-refractivity contribution in [2.75, 3.05) is 0 Å². The van der Waals surface area contributed by atoms with E-state index < -0.39 is 23.9 Å². The Hall–Kier alpha value is -12.5. The minimum atomic E-state index is -0.520. The summed E-state index contributed by atoms with van der Waals surface area (Å²) in [6.45, 7) is 14.1. The average molecular weight is 1220 g/mol. The van der Waals surface area contributed by atoms with Crippen molar-refractivity contribution in [1.29, 1.82) is 0 Å². The van der Waals surface area contributed by atoms with Crippen molar-refractivity contribution >= 4 is 122 Å². The van der Waals surface area contributed by atoms with Crippen LogP contribution in [0.1, 0.15) is 63.9 Å². The lowest BCUT2D eigenvalue weighted by Gasteiger charge is -2.17. The molecule has 0 fully saturated rings. The topological polar surface area (TPSA) is 105 Å². The molecular weight excluding hydrogens is 1160 g/mol. The van der Waals surface area contributed by atoms with E-state index in [0.29, 0.717) is 34.1 Å². The first kappa shape index (κ1) is 61.7. The van der Waals surface area contributed by atoms with Crippen molar-refractivity contribution in [3.8, 4) is 45.3 Å². The second kappa shape index (κ2) is 28.1. The van der Waals surface area contributed by atoms with Crippen LogP contribution in [0.5, 0.6) is 23.0 Å². The van der Waals surface area contributed by atoms with Gasteiger partial charge in [0.1, 0.15) is 23.0 Å². The van der Waals surface area contributed by atoms with Gasteiger partial charge in [0.15, 0.2) is 0 Å². The van der Waals surface area contributed by atoms with Crippen molar-refractivity contribution < 1.29 is 38.1 Å². The molecule has 0 unspecified atom stereocenters. The lowest BCUT2D eigenvalue weighted by atomic mass is 9.86. The molecule has 8 heteroatoms. The number of rotatable bonds is 19. The minimum absolute atomic E-state index is 0.314. The second-order valence-electron chi connectivity index (χ2n) is 22.6. The summed E-state index contributed by atoms with van der Waals surface area (Å²) in [5.74, 6) is -0.294. The predicted octanol–water partition coefficient (Wildman–Crippen LogP) is 21.0. The van der Waals surface area contributed by atoms with E-state index in [-0.39, 0.29) is 0 Å². The first-order valence-electron chi connectivity index (χ1n) is 30.6. The van der Waals surface area contributed by atoms with Gasteiger partial charge < -0.3 is 18.9 Å². The van der Waals surface area contributed by atoms with E-state index in [0.717, 1.165) is 121 Å². The van der Waals surface area contributed by atoms with E-state index in [4.69, 9.17) is 18.9 Å². The van der Waals surface area contributed by atoms with Gasteiger partial charge >= 0.3 is 23.9 Å². The molecular formula is C86H62O8. The Labute approximate surface area is 545 Å². The molecule has 0 bridgehead atoms. The Kier molecular flexibility index (Phi) is 18.5. The van der Waals surface area contributed by atoms with Gasteiger partial charge in [0.2, 0.25) is 0 Å². The molecule has 0 saturated heterocycles. The summed E-state index contributed by atoms with van der Waals surface area (Å²) < 4.78 is 22.1. The zero-order valence-electron chi connectivity index (χ0n) is 51.8. The summed E-state index contributed by atoms with van der Waals surface area (Å²) >= 11 is 0. The Balaban J connectivity index is 0.818. The molecule has 0 amide bonds. The van der Waals surface area contributed by atoms with Crippen molar-refractivity contribution in [2.45, 2.75) is 13.8 Å². The maximum absolute atomic E-state index is 13.6. The summed E-state index contributed by atoms with van der Waals surface area (Å²) in [6, 6.07) is 77.9. The number of benzene rings is 12. The monoisotopic (exact) mass is 1220 g/mol. The highest BCUT2D eigenvalue weighted by Gasteiger charge is 2.19. The summed E-state index contributed by atoms with van der Waals surface area (Å²) in [5, 5.41) is 8.54. The van der Waals surface area contributed by atoms with Gasteiger partial charge in [-0.3, -0.25) is 0 Å². The molecule has 0 atom stereocenters. The first-order chi connectivity index (χ1) is 45.8. The molecule has 0 aliphatic heterocycles. The third kappa shape index (κ3) is 14.4. The Bertz CT molecular complexity index is 5130. The van der Waals surface area contributed by atoms with Crippen LogP contribution < -0.4 is 18.9 Å². The standard InChI is InChI=1S/C86H62O8/c1-6-79(87)91-71-45-23-58(24-46-71)19-33-66-40-37-63-13-7-10-16-75(63)81(66)82-67(41-38-64-14-8-11-17-76(64)82)34-20-59-25-47-72(48-26-59)92-80(88)54-32-62-31-53-78-70(55-62)44-43-69(36-22-61-29-51-74(52-30-61)94-86(90)57(4)5)84(78)83-68(42-39-65-15-9-12-18-77(65)83)35-21-60-27-49-73(50-28-60)93-85(89)56(2)3/h6-55H,1-2,4H2,3,5H3/b33-19+,34-20+,35-21+,36-22+,54-32+. The number of carbonyl (C=O) groups is 4. The largest absolute Gasteiger partial charge is 0.423 e. The van der Waals surface area contributed by atoms with Crippen molar-refractivity contribution in [3.05, 3.63) is 330 Å². The SMILES string of the molecule is C=CC(=O)Oc1ccc(/C=C/c2ccc3ccccc3c2-c2c(/C=C/c3ccc(OC(=O)/C=C/c4ccc5c(-c6c(/C=C/c7ccc(OC(=O)C(=C)C)cc7)ccc7ccccc67)c(/C=C/c6ccc(OC(=O)C(=C)C)cc6)ccc5c4)cc3)ccc3ccccc23)cc1. The van der Waals surface area contributed by atoms with Crippen molar-refractivity contribution in [2.24, 2.45) is 0 Å². The van der Waals surface area contributed by atoms with Crippen LogP contribution in [0.4, 0.5) is 0 Å². The van der Waals surface area contributed by atoms with Crippen LogP contribution in [0.25, 0.3) is 120 Å². The molecule has 0 N–H and O–H groups in total. The maximum Gasteiger partial charge on any atom is 0.338 e. The smallest absolute Gasteiger partial charge is 0.338 e. The van der Waals surface area contributed by atoms with E-state index in [2.05, 4.69) is 178 Å². The number of hydrogen-bond donors (Lipinski definition) is 0. The highest BCUT2D eigenvalue weighted by molar-refractivity contribution is 6.13. The van der Waals surface area contributed by atoms with Gasteiger partial charge in [-0.1, -0.05) is 250 Å². The first-order valence-corrected chi connectivity index (χ1v) is 30.6. The molecule has 94 heavy (non-hydrogen) atoms. The normalized spacial score (nSPS) is 11.6. The summed E-state index contributed by atoms with van der Waals surface area (Å²) in [6.07, 6.45) is 21.0. The van der Waals surface area contributed by atoms with Crippen LogP contribution in [0.15, 0.2) is 280 Å². The van der Waals surface area contributed by atoms with Gasteiger partial charge in [-0.25, -0.2) is 19.2 Å². The maximum atomic E-state index is 13.6. The van der Waals surface area contributed by atoms with Crippen LogP contribution in [-0.2, 0) is 19.2 Å². The molecule has 12 aromatic carbocycles. The third-order valence-corrected chi connectivity index (χ3v) is 15.9. The van der Waals surface area contributed by atoms with Gasteiger partial charge in [0.05, 0.1) is 0 Å². The highest BCUT2D eigenvalue weighted by Crippen LogP contribution is 2.43. The molecule has 0 aliphatic carbocycles. The Morgan fingerprint density at radius 3 is 0.936 bits per heavy atom. The Morgan fingerprint density at radius 1 is 0.298 bits per heavy atom. The van der Waals surface area contributed by atoms with Gasteiger partial charge in [-0.2, -0.15) is 0 Å². The molecule has 454 valence electrons. The molecule has 0 radical (unpaired) electrons. The summed E-state index contributed by atoms with van der Waals surface area (Å²) in [5.41, 5.74) is 13.3. The lowest BCUT2D eigenvalue weighted by Crippen LogP contribution is -2.07. The van der Waals surface area contributed by atoms with Crippen LogP contribution >= 0.6 is 0 Å². The van der Waals surface area contributed by atoms with Gasteiger partial charge in [0, 0.05) is 23.3 Å². The van der Waals surface area contributed by atoms with Crippen LogP contribution in [0.3, 0.4) is 0 Å². The van der Waals surface area contributed by atoms with E-state index >= 15 is 0 Å². The number of esters is 4. The number of fused-ring (bicyclic) bond motifs is 4. The van der Waals surface area contributed by atoms with E-state index in [9.17, 15) is 19.2 Å². The third-order valence-electron chi connectivity index (χ3n) is 15.9. The molecule has 0 aromatic heterocycles. The fourth-order valence-electron chi connectivity index (χ4n) is 11.2. The summed E-state index contributed by atoms with van der Waals surface area (Å²) in [4.78, 5) is 49.9. The molecule has 0 spiro atoms. The summed E-state index contributed by atoms with van der Waals surface area (Å²) in [7, 11) is 0. The lowest BCUT2D eigenvalue weighted by molar-refractivity contribution is -0.130. The second-order valence-corrected chi connectivity index (χ2v) is 22.6. The van der Waals surface area contributed by atoms with E-state index in [1.165, 1.54) is 6.08 Å². The molecule has 0 heterocycles.